The molecule has 3 N–H and O–H groups in total. The Balaban J connectivity index is 1.95. The molecule has 0 unspecified atom stereocenters. The van der Waals surface area contributed by atoms with E-state index < -0.39 is 5.54 Å². The minimum Gasteiger partial charge on any atom is -0.337 e. The molecule has 1 aromatic heterocycles. The molecule has 22 heavy (non-hydrogen) atoms. The lowest BCUT2D eigenvalue weighted by Crippen LogP contribution is -2.45. The van der Waals surface area contributed by atoms with Crippen LogP contribution in [-0.2, 0) is 10.2 Å². The van der Waals surface area contributed by atoms with Gasteiger partial charge in [0.1, 0.15) is 5.54 Å². The first-order chi connectivity index (χ1) is 10.3. The van der Waals surface area contributed by atoms with Crippen LogP contribution >= 0.6 is 11.8 Å². The SMILES string of the molecule is CC(C)(C)c1nnc(SCC(=O)NC2(C#N)CCCC2)n1N. The summed E-state index contributed by atoms with van der Waals surface area (Å²) in [6.07, 6.45) is 3.41. The zero-order valence-corrected chi connectivity index (χ0v) is 14.0. The van der Waals surface area contributed by atoms with E-state index in [4.69, 9.17) is 5.84 Å². The number of nitriles is 1. The van der Waals surface area contributed by atoms with E-state index in [1.165, 1.54) is 16.4 Å². The Morgan fingerprint density at radius 1 is 1.45 bits per heavy atom. The zero-order valence-electron chi connectivity index (χ0n) is 13.2. The fourth-order valence-electron chi connectivity index (χ4n) is 2.56. The fourth-order valence-corrected chi connectivity index (χ4v) is 3.22. The molecule has 0 atom stereocenters. The molecule has 1 amide bonds. The van der Waals surface area contributed by atoms with Gasteiger partial charge in [-0.25, -0.2) is 4.68 Å². The van der Waals surface area contributed by atoms with Crippen LogP contribution in [0.5, 0.6) is 0 Å². The van der Waals surface area contributed by atoms with Gasteiger partial charge in [0.2, 0.25) is 11.1 Å². The van der Waals surface area contributed by atoms with Crippen LogP contribution in [0.2, 0.25) is 0 Å². The number of thioether (sulfide) groups is 1. The van der Waals surface area contributed by atoms with Crippen LogP contribution in [0.15, 0.2) is 5.16 Å². The number of aromatic nitrogens is 3. The van der Waals surface area contributed by atoms with Crippen molar-refractivity contribution in [2.75, 3.05) is 11.6 Å². The molecule has 8 heteroatoms. The van der Waals surface area contributed by atoms with Crippen molar-refractivity contribution in [2.24, 2.45) is 0 Å². The number of hydrogen-bond acceptors (Lipinski definition) is 6. The number of carbonyl (C=O) groups excluding carboxylic acids is 1. The van der Waals surface area contributed by atoms with Crippen LogP contribution in [0.4, 0.5) is 0 Å². The third kappa shape index (κ3) is 3.53. The highest BCUT2D eigenvalue weighted by atomic mass is 32.2. The van der Waals surface area contributed by atoms with Crippen molar-refractivity contribution >= 4 is 17.7 Å². The molecule has 1 saturated carbocycles. The summed E-state index contributed by atoms with van der Waals surface area (Å²) in [6, 6.07) is 2.24. The van der Waals surface area contributed by atoms with E-state index in [0.29, 0.717) is 11.0 Å². The van der Waals surface area contributed by atoms with E-state index in [-0.39, 0.29) is 17.1 Å². The van der Waals surface area contributed by atoms with Crippen LogP contribution in [0.1, 0.15) is 52.3 Å². The summed E-state index contributed by atoms with van der Waals surface area (Å²) < 4.78 is 1.42. The van der Waals surface area contributed by atoms with Gasteiger partial charge in [-0.05, 0) is 25.7 Å². The maximum atomic E-state index is 12.1. The second kappa shape index (κ2) is 6.16. The molecule has 2 rings (SSSR count). The van der Waals surface area contributed by atoms with Crippen molar-refractivity contribution in [3.63, 3.8) is 0 Å². The molecule has 0 aromatic carbocycles. The van der Waals surface area contributed by atoms with E-state index >= 15 is 0 Å². The summed E-state index contributed by atoms with van der Waals surface area (Å²) in [5, 5.41) is 20.7. The van der Waals surface area contributed by atoms with Crippen molar-refractivity contribution in [3.8, 4) is 6.07 Å². The van der Waals surface area contributed by atoms with E-state index in [1.807, 2.05) is 20.8 Å². The van der Waals surface area contributed by atoms with Gasteiger partial charge in [-0.1, -0.05) is 32.5 Å². The number of carbonyl (C=O) groups is 1. The summed E-state index contributed by atoms with van der Waals surface area (Å²) in [5.74, 6) is 6.64. The molecular formula is C14H22N6OS. The molecule has 120 valence electrons. The summed E-state index contributed by atoms with van der Waals surface area (Å²) in [5.41, 5.74) is -0.901. The monoisotopic (exact) mass is 322 g/mol. The Labute approximate surface area is 134 Å². The fraction of sp³-hybridized carbons (Fsp3) is 0.714. The first-order valence-corrected chi connectivity index (χ1v) is 8.32. The van der Waals surface area contributed by atoms with Crippen molar-refractivity contribution in [2.45, 2.75) is 62.6 Å². The normalized spacial score (nSPS) is 17.2. The molecule has 0 saturated heterocycles. The second-order valence-corrected chi connectivity index (χ2v) is 7.61. The van der Waals surface area contributed by atoms with Gasteiger partial charge in [0.05, 0.1) is 11.8 Å². The second-order valence-electron chi connectivity index (χ2n) is 6.66. The van der Waals surface area contributed by atoms with Crippen molar-refractivity contribution in [1.82, 2.24) is 20.2 Å². The summed E-state index contributed by atoms with van der Waals surface area (Å²) in [7, 11) is 0. The standard InChI is InChI=1S/C14H22N6OS/c1-13(2,3)11-18-19-12(20(11)16)22-8-10(21)17-14(9-15)6-4-5-7-14/h4-8,16H2,1-3H3,(H,17,21). The molecular weight excluding hydrogens is 300 g/mol. The highest BCUT2D eigenvalue weighted by Crippen LogP contribution is 2.29. The van der Waals surface area contributed by atoms with Gasteiger partial charge >= 0.3 is 0 Å². The number of nitrogens with zero attached hydrogens (tertiary/aromatic N) is 4. The summed E-state index contributed by atoms with van der Waals surface area (Å²) in [6.45, 7) is 5.99. The summed E-state index contributed by atoms with van der Waals surface area (Å²) in [4.78, 5) is 12.1. The molecule has 1 aromatic rings. The van der Waals surface area contributed by atoms with Gasteiger partial charge in [-0.2, -0.15) is 5.26 Å². The van der Waals surface area contributed by atoms with Crippen LogP contribution in [-0.4, -0.2) is 32.1 Å². The van der Waals surface area contributed by atoms with Crippen LogP contribution < -0.4 is 11.2 Å². The number of nitrogen functional groups attached to an aromatic ring is 1. The molecule has 0 aliphatic heterocycles. The van der Waals surface area contributed by atoms with Crippen LogP contribution in [0, 0.1) is 11.3 Å². The Morgan fingerprint density at radius 2 is 2.09 bits per heavy atom. The largest absolute Gasteiger partial charge is 0.337 e. The average molecular weight is 322 g/mol. The molecule has 0 bridgehead atoms. The lowest BCUT2D eigenvalue weighted by molar-refractivity contribution is -0.119. The molecule has 1 aliphatic carbocycles. The average Bonchev–Trinajstić information content (AvgIpc) is 3.03. The van der Waals surface area contributed by atoms with Gasteiger partial charge in [0, 0.05) is 5.41 Å². The number of rotatable bonds is 4. The van der Waals surface area contributed by atoms with Gasteiger partial charge in [-0.3, -0.25) is 4.79 Å². The molecule has 0 spiro atoms. The van der Waals surface area contributed by atoms with Crippen molar-refractivity contribution in [1.29, 1.82) is 5.26 Å². The van der Waals surface area contributed by atoms with Crippen molar-refractivity contribution in [3.05, 3.63) is 5.82 Å². The van der Waals surface area contributed by atoms with E-state index in [2.05, 4.69) is 21.6 Å². The summed E-state index contributed by atoms with van der Waals surface area (Å²) >= 11 is 1.23. The zero-order chi connectivity index (χ0) is 16.4. The number of amides is 1. The Morgan fingerprint density at radius 3 is 2.59 bits per heavy atom. The topological polar surface area (TPSA) is 110 Å². The number of nitrogens with one attached hydrogen (secondary N) is 1. The minimum absolute atomic E-state index is 0.170. The molecule has 1 fully saturated rings. The van der Waals surface area contributed by atoms with E-state index in [1.54, 1.807) is 0 Å². The van der Waals surface area contributed by atoms with Crippen molar-refractivity contribution < 1.29 is 4.79 Å². The van der Waals surface area contributed by atoms with Gasteiger partial charge in [0.15, 0.2) is 5.82 Å². The van der Waals surface area contributed by atoms with E-state index in [0.717, 1.165) is 25.7 Å². The van der Waals surface area contributed by atoms with Gasteiger partial charge in [0.25, 0.3) is 0 Å². The maximum absolute atomic E-state index is 12.1. The van der Waals surface area contributed by atoms with Crippen LogP contribution in [0.25, 0.3) is 0 Å². The Hall–Kier alpha value is -1.75. The number of nitrogens with two attached hydrogens (primary N) is 1. The smallest absolute Gasteiger partial charge is 0.231 e. The lowest BCUT2D eigenvalue weighted by atomic mass is 9.96. The third-order valence-electron chi connectivity index (χ3n) is 3.72. The predicted molar refractivity (Wildman–Crippen MR) is 84.6 cm³/mol. The molecule has 0 radical (unpaired) electrons. The Kier molecular flexibility index (Phi) is 4.66. The maximum Gasteiger partial charge on any atom is 0.231 e. The highest BCUT2D eigenvalue weighted by Gasteiger charge is 2.35. The Bertz CT molecular complexity index is 591. The van der Waals surface area contributed by atoms with Crippen LogP contribution in [0.3, 0.4) is 0 Å². The molecule has 1 aliphatic rings. The highest BCUT2D eigenvalue weighted by molar-refractivity contribution is 7.99. The van der Waals surface area contributed by atoms with Gasteiger partial charge < -0.3 is 11.2 Å². The lowest BCUT2D eigenvalue weighted by Gasteiger charge is -2.21. The van der Waals surface area contributed by atoms with E-state index in [9.17, 15) is 10.1 Å². The first-order valence-electron chi connectivity index (χ1n) is 7.33. The quantitative estimate of drug-likeness (QED) is 0.639. The minimum atomic E-state index is -0.690. The molecule has 1 heterocycles. The third-order valence-corrected chi connectivity index (χ3v) is 4.66. The number of hydrogen-bond donors (Lipinski definition) is 2. The predicted octanol–water partition coefficient (Wildman–Crippen LogP) is 1.33. The molecule has 7 nitrogen and oxygen atoms in total. The first kappa shape index (κ1) is 16.6. The van der Waals surface area contributed by atoms with Gasteiger partial charge in [-0.15, -0.1) is 10.2 Å².